The zero-order valence-corrected chi connectivity index (χ0v) is 14.9. The Labute approximate surface area is 155 Å². The lowest BCUT2D eigenvalue weighted by molar-refractivity contribution is -0.0512. The first-order valence-corrected chi connectivity index (χ1v) is 8.22. The van der Waals surface area contributed by atoms with E-state index < -0.39 is 12.5 Å². The third kappa shape index (κ3) is 5.67. The van der Waals surface area contributed by atoms with Crippen LogP contribution in [-0.2, 0) is 6.54 Å². The molecule has 6 nitrogen and oxygen atoms in total. The number of hydrogen-bond acceptors (Lipinski definition) is 4. The standard InChI is InChI=1S/C19H20F2N2O4/c1-3-22-17(24)13-6-4-5-12(9-13)11-23-18(25)14-7-8-15(26-2)16(10-14)27-19(20)21/h4-10,19H,3,11H2,1-2H3,(H,22,24)(H,23,25). The highest BCUT2D eigenvalue weighted by atomic mass is 19.3. The Bertz CT molecular complexity index is 812. The molecule has 0 aliphatic carbocycles. The number of carbonyl (C=O) groups is 2. The average Bonchev–Trinajstić information content (AvgIpc) is 2.66. The van der Waals surface area contributed by atoms with Crippen LogP contribution in [0, 0.1) is 0 Å². The summed E-state index contributed by atoms with van der Waals surface area (Å²) in [6.07, 6.45) is 0. The first-order chi connectivity index (χ1) is 12.9. The molecule has 0 atom stereocenters. The van der Waals surface area contributed by atoms with Gasteiger partial charge in [-0.2, -0.15) is 8.78 Å². The van der Waals surface area contributed by atoms with Gasteiger partial charge in [-0.15, -0.1) is 0 Å². The molecule has 8 heteroatoms. The Kier molecular flexibility index (Phi) is 7.10. The van der Waals surface area contributed by atoms with Crippen molar-refractivity contribution >= 4 is 11.8 Å². The number of ether oxygens (including phenoxy) is 2. The monoisotopic (exact) mass is 378 g/mol. The third-order valence-electron chi connectivity index (χ3n) is 3.62. The molecule has 2 aromatic rings. The van der Waals surface area contributed by atoms with Crippen molar-refractivity contribution in [2.75, 3.05) is 13.7 Å². The van der Waals surface area contributed by atoms with Crippen molar-refractivity contribution in [3.8, 4) is 11.5 Å². The third-order valence-corrected chi connectivity index (χ3v) is 3.62. The second-order valence-corrected chi connectivity index (χ2v) is 5.49. The molecule has 2 amide bonds. The topological polar surface area (TPSA) is 76.7 Å². The summed E-state index contributed by atoms with van der Waals surface area (Å²) in [5.74, 6) is -0.797. The highest BCUT2D eigenvalue weighted by molar-refractivity contribution is 5.95. The van der Waals surface area contributed by atoms with E-state index in [2.05, 4.69) is 15.4 Å². The highest BCUT2D eigenvalue weighted by Crippen LogP contribution is 2.29. The van der Waals surface area contributed by atoms with E-state index in [0.29, 0.717) is 12.1 Å². The van der Waals surface area contributed by atoms with Gasteiger partial charge < -0.3 is 20.1 Å². The van der Waals surface area contributed by atoms with Crippen molar-refractivity contribution in [2.24, 2.45) is 0 Å². The van der Waals surface area contributed by atoms with Gasteiger partial charge in [0.25, 0.3) is 11.8 Å². The summed E-state index contributed by atoms with van der Waals surface area (Å²) in [4.78, 5) is 24.2. The summed E-state index contributed by atoms with van der Waals surface area (Å²) in [7, 11) is 1.31. The van der Waals surface area contributed by atoms with Gasteiger partial charge >= 0.3 is 6.61 Å². The molecule has 144 valence electrons. The first-order valence-electron chi connectivity index (χ1n) is 8.22. The molecular formula is C19H20F2N2O4. The maximum atomic E-state index is 12.5. The summed E-state index contributed by atoms with van der Waals surface area (Å²) in [6.45, 7) is -0.527. The molecule has 0 aliphatic rings. The Hall–Kier alpha value is -3.16. The lowest BCUT2D eigenvalue weighted by Crippen LogP contribution is -2.24. The number of nitrogens with one attached hydrogen (secondary N) is 2. The van der Waals surface area contributed by atoms with Crippen molar-refractivity contribution < 1.29 is 27.8 Å². The van der Waals surface area contributed by atoms with Crippen LogP contribution in [0.15, 0.2) is 42.5 Å². The van der Waals surface area contributed by atoms with Crippen LogP contribution in [0.4, 0.5) is 8.78 Å². The minimum absolute atomic E-state index is 0.0986. The molecule has 0 aromatic heterocycles. The van der Waals surface area contributed by atoms with E-state index in [1.165, 1.54) is 25.3 Å². The summed E-state index contributed by atoms with van der Waals surface area (Å²) >= 11 is 0. The van der Waals surface area contributed by atoms with Crippen LogP contribution in [0.3, 0.4) is 0 Å². The second kappa shape index (κ2) is 9.51. The Morgan fingerprint density at radius 2 is 1.70 bits per heavy atom. The zero-order chi connectivity index (χ0) is 19.8. The number of benzene rings is 2. The molecule has 0 unspecified atom stereocenters. The summed E-state index contributed by atoms with van der Waals surface area (Å²) in [6, 6.07) is 10.8. The first kappa shape index (κ1) is 20.2. The Morgan fingerprint density at radius 3 is 2.37 bits per heavy atom. The predicted octanol–water partition coefficient (Wildman–Crippen LogP) is 2.98. The van der Waals surface area contributed by atoms with Crippen molar-refractivity contribution in [1.82, 2.24) is 10.6 Å². The van der Waals surface area contributed by atoms with E-state index >= 15 is 0 Å². The lowest BCUT2D eigenvalue weighted by Gasteiger charge is -2.12. The Balaban J connectivity index is 2.07. The van der Waals surface area contributed by atoms with E-state index in [9.17, 15) is 18.4 Å². The number of hydrogen-bond donors (Lipinski definition) is 2. The van der Waals surface area contributed by atoms with Crippen LogP contribution >= 0.6 is 0 Å². The van der Waals surface area contributed by atoms with Gasteiger partial charge in [0.1, 0.15) is 0 Å². The van der Waals surface area contributed by atoms with E-state index in [-0.39, 0.29) is 29.5 Å². The average molecular weight is 378 g/mol. The van der Waals surface area contributed by atoms with Crippen molar-refractivity contribution in [3.05, 3.63) is 59.2 Å². The molecule has 0 heterocycles. The van der Waals surface area contributed by atoms with Gasteiger partial charge in [-0.05, 0) is 42.8 Å². The fourth-order valence-electron chi connectivity index (χ4n) is 2.38. The van der Waals surface area contributed by atoms with Crippen LogP contribution < -0.4 is 20.1 Å². The van der Waals surface area contributed by atoms with Crippen LogP contribution in [0.1, 0.15) is 33.2 Å². The molecule has 0 saturated carbocycles. The van der Waals surface area contributed by atoms with Crippen molar-refractivity contribution in [3.63, 3.8) is 0 Å². The van der Waals surface area contributed by atoms with E-state index in [1.807, 2.05) is 6.92 Å². The van der Waals surface area contributed by atoms with Crippen LogP contribution in [-0.4, -0.2) is 32.1 Å². The molecular weight excluding hydrogens is 358 g/mol. The molecule has 2 rings (SSSR count). The molecule has 0 bridgehead atoms. The minimum atomic E-state index is -3.03. The summed E-state index contributed by atoms with van der Waals surface area (Å²) < 4.78 is 34.3. The van der Waals surface area contributed by atoms with Gasteiger partial charge in [-0.25, -0.2) is 0 Å². The quantitative estimate of drug-likeness (QED) is 0.740. The maximum Gasteiger partial charge on any atom is 0.387 e. The molecule has 0 radical (unpaired) electrons. The summed E-state index contributed by atoms with van der Waals surface area (Å²) in [5.41, 5.74) is 1.36. The smallest absolute Gasteiger partial charge is 0.387 e. The molecule has 0 aliphatic heterocycles. The second-order valence-electron chi connectivity index (χ2n) is 5.49. The predicted molar refractivity (Wildman–Crippen MR) is 95.2 cm³/mol. The van der Waals surface area contributed by atoms with Crippen LogP contribution in [0.25, 0.3) is 0 Å². The van der Waals surface area contributed by atoms with Crippen molar-refractivity contribution in [2.45, 2.75) is 20.1 Å². The normalized spacial score (nSPS) is 10.4. The van der Waals surface area contributed by atoms with E-state index in [4.69, 9.17) is 4.74 Å². The molecule has 27 heavy (non-hydrogen) atoms. The number of halogens is 2. The summed E-state index contributed by atoms with van der Waals surface area (Å²) in [5, 5.41) is 5.38. The Morgan fingerprint density at radius 1 is 1.00 bits per heavy atom. The van der Waals surface area contributed by atoms with Crippen LogP contribution in [0.5, 0.6) is 11.5 Å². The van der Waals surface area contributed by atoms with E-state index in [1.54, 1.807) is 24.3 Å². The van der Waals surface area contributed by atoms with Gasteiger partial charge in [0.15, 0.2) is 11.5 Å². The molecule has 2 N–H and O–H groups in total. The molecule has 0 saturated heterocycles. The molecule has 2 aromatic carbocycles. The van der Waals surface area contributed by atoms with Gasteiger partial charge in [0.05, 0.1) is 7.11 Å². The fourth-order valence-corrected chi connectivity index (χ4v) is 2.38. The van der Waals surface area contributed by atoms with Gasteiger partial charge in [-0.3, -0.25) is 9.59 Å². The van der Waals surface area contributed by atoms with Crippen LogP contribution in [0.2, 0.25) is 0 Å². The largest absolute Gasteiger partial charge is 0.493 e. The van der Waals surface area contributed by atoms with Gasteiger partial charge in [-0.1, -0.05) is 12.1 Å². The number of alkyl halides is 2. The lowest BCUT2D eigenvalue weighted by atomic mass is 10.1. The number of rotatable bonds is 8. The highest BCUT2D eigenvalue weighted by Gasteiger charge is 2.14. The SMILES string of the molecule is CCNC(=O)c1cccc(CNC(=O)c2ccc(OC)c(OC(F)F)c2)c1. The van der Waals surface area contributed by atoms with Crippen molar-refractivity contribution in [1.29, 1.82) is 0 Å². The zero-order valence-electron chi connectivity index (χ0n) is 14.9. The minimum Gasteiger partial charge on any atom is -0.493 e. The van der Waals surface area contributed by atoms with Gasteiger partial charge in [0, 0.05) is 24.2 Å². The fraction of sp³-hybridized carbons (Fsp3) is 0.263. The number of carbonyl (C=O) groups excluding carboxylic acids is 2. The molecule has 0 fully saturated rings. The van der Waals surface area contributed by atoms with E-state index in [0.717, 1.165) is 5.56 Å². The number of methoxy groups -OCH3 is 1. The molecule has 0 spiro atoms. The van der Waals surface area contributed by atoms with Gasteiger partial charge in [0.2, 0.25) is 0 Å². The maximum absolute atomic E-state index is 12.5. The number of amides is 2.